The number of ether oxygens (including phenoxy) is 2. The van der Waals surface area contributed by atoms with Gasteiger partial charge in [0.15, 0.2) is 0 Å². The van der Waals surface area contributed by atoms with Crippen molar-refractivity contribution >= 4 is 11.6 Å². The molecule has 3 aromatic rings. The summed E-state index contributed by atoms with van der Waals surface area (Å²) in [6.45, 7) is 7.80. The topological polar surface area (TPSA) is 59.8 Å². The molecule has 1 aliphatic heterocycles. The van der Waals surface area contributed by atoms with Crippen molar-refractivity contribution in [1.82, 2.24) is 14.7 Å². The Morgan fingerprint density at radius 2 is 1.91 bits per heavy atom. The van der Waals surface area contributed by atoms with Gasteiger partial charge in [-0.1, -0.05) is 29.8 Å². The van der Waals surface area contributed by atoms with Gasteiger partial charge in [-0.2, -0.15) is 5.10 Å². The van der Waals surface area contributed by atoms with E-state index in [1.54, 1.807) is 0 Å². The molecule has 2 heterocycles. The quantitative estimate of drug-likeness (QED) is 0.494. The number of aromatic nitrogens is 2. The normalized spacial score (nSPS) is 18.9. The van der Waals surface area contributed by atoms with E-state index in [-0.39, 0.29) is 6.61 Å². The van der Waals surface area contributed by atoms with Crippen molar-refractivity contribution < 1.29 is 14.6 Å². The molecule has 0 bridgehead atoms. The van der Waals surface area contributed by atoms with Gasteiger partial charge in [0.1, 0.15) is 30.3 Å². The van der Waals surface area contributed by atoms with E-state index in [1.807, 2.05) is 61.1 Å². The Morgan fingerprint density at radius 1 is 1.09 bits per heavy atom. The van der Waals surface area contributed by atoms with E-state index in [9.17, 15) is 5.11 Å². The number of aliphatic hydroxyl groups is 1. The highest BCUT2D eigenvalue weighted by Gasteiger charge is 2.34. The van der Waals surface area contributed by atoms with Crippen molar-refractivity contribution in [3.63, 3.8) is 0 Å². The van der Waals surface area contributed by atoms with Crippen molar-refractivity contribution in [2.45, 2.75) is 45.4 Å². The number of benzene rings is 2. The Hall–Kier alpha value is -2.54. The molecule has 0 unspecified atom stereocenters. The summed E-state index contributed by atoms with van der Waals surface area (Å²) in [4.78, 5) is 2.28. The first-order valence-corrected chi connectivity index (χ1v) is 11.8. The van der Waals surface area contributed by atoms with Gasteiger partial charge in [-0.15, -0.1) is 0 Å². The second kappa shape index (κ2) is 10.6. The van der Waals surface area contributed by atoms with Crippen LogP contribution in [0.3, 0.4) is 0 Å². The van der Waals surface area contributed by atoms with Crippen molar-refractivity contribution in [2.24, 2.45) is 0 Å². The van der Waals surface area contributed by atoms with Gasteiger partial charge >= 0.3 is 0 Å². The van der Waals surface area contributed by atoms with Crippen LogP contribution in [-0.2, 0) is 13.1 Å². The number of aryl methyl sites for hydroxylation is 2. The van der Waals surface area contributed by atoms with Crippen LogP contribution in [0, 0.1) is 13.8 Å². The smallest absolute Gasteiger partial charge is 0.138 e. The molecule has 1 N–H and O–H groups in total. The molecule has 1 fully saturated rings. The molecule has 7 heteroatoms. The number of hydrogen-bond acceptors (Lipinski definition) is 5. The molecule has 2 aromatic carbocycles. The number of halogens is 1. The zero-order valence-electron chi connectivity index (χ0n) is 19.3. The standard InChI is InChI=1S/C26H32ClN3O3/c1-20-4-9-24(27)25(16-20)33-19-26(31)11-3-12-29(18-26)17-22-5-7-23(8-6-22)32-15-14-30-13-10-21(2)28-30/h4-10,13,16,31H,3,11-12,14-15,17-19H2,1-2H3/t26-/m1/s1. The fraction of sp³-hybridized carbons (Fsp3) is 0.423. The van der Waals surface area contributed by atoms with Gasteiger partial charge in [-0.3, -0.25) is 9.58 Å². The number of nitrogens with zero attached hydrogens (tertiary/aromatic N) is 3. The average molecular weight is 470 g/mol. The van der Waals surface area contributed by atoms with Crippen LogP contribution < -0.4 is 9.47 Å². The van der Waals surface area contributed by atoms with Crippen molar-refractivity contribution in [1.29, 1.82) is 0 Å². The lowest BCUT2D eigenvalue weighted by molar-refractivity contribution is -0.0620. The van der Waals surface area contributed by atoms with E-state index >= 15 is 0 Å². The minimum atomic E-state index is -0.890. The van der Waals surface area contributed by atoms with Crippen LogP contribution in [0.25, 0.3) is 0 Å². The molecule has 0 radical (unpaired) electrons. The molecule has 0 aliphatic carbocycles. The molecule has 0 saturated carbocycles. The number of rotatable bonds is 9. The second-order valence-electron chi connectivity index (χ2n) is 8.97. The Morgan fingerprint density at radius 3 is 2.67 bits per heavy atom. The lowest BCUT2D eigenvalue weighted by atomic mass is 9.93. The maximum atomic E-state index is 11.1. The summed E-state index contributed by atoms with van der Waals surface area (Å²) in [5, 5.41) is 16.1. The molecule has 1 aromatic heterocycles. The molecular formula is C26H32ClN3O3. The Labute approximate surface area is 200 Å². The molecule has 0 spiro atoms. The maximum absolute atomic E-state index is 11.1. The summed E-state index contributed by atoms with van der Waals surface area (Å²) in [6.07, 6.45) is 3.60. The van der Waals surface area contributed by atoms with Gasteiger partial charge in [-0.25, -0.2) is 0 Å². The van der Waals surface area contributed by atoms with Gasteiger partial charge in [0.2, 0.25) is 0 Å². The van der Waals surface area contributed by atoms with E-state index in [4.69, 9.17) is 21.1 Å². The zero-order chi connectivity index (χ0) is 23.3. The molecule has 176 valence electrons. The van der Waals surface area contributed by atoms with Crippen LogP contribution in [0.15, 0.2) is 54.7 Å². The number of piperidine rings is 1. The van der Waals surface area contributed by atoms with Crippen LogP contribution in [0.4, 0.5) is 0 Å². The van der Waals surface area contributed by atoms with Crippen LogP contribution in [-0.4, -0.2) is 51.7 Å². The highest BCUT2D eigenvalue weighted by Crippen LogP contribution is 2.29. The third kappa shape index (κ3) is 6.73. The number of β-amino-alcohol motifs (C(OH)–C–C–N with tert-alkyl or cyclic N) is 1. The van der Waals surface area contributed by atoms with Gasteiger partial charge in [-0.05, 0) is 74.7 Å². The molecular weight excluding hydrogens is 438 g/mol. The molecule has 1 atom stereocenters. The predicted octanol–water partition coefficient (Wildman–Crippen LogP) is 4.64. The molecule has 1 aliphatic rings. The van der Waals surface area contributed by atoms with E-state index in [0.717, 1.165) is 49.5 Å². The average Bonchev–Trinajstić information content (AvgIpc) is 3.21. The first kappa shape index (κ1) is 23.6. The fourth-order valence-corrected chi connectivity index (χ4v) is 4.36. The maximum Gasteiger partial charge on any atom is 0.138 e. The molecule has 33 heavy (non-hydrogen) atoms. The summed E-state index contributed by atoms with van der Waals surface area (Å²) in [5.74, 6) is 1.47. The molecule has 6 nitrogen and oxygen atoms in total. The number of hydrogen-bond donors (Lipinski definition) is 1. The molecule has 4 rings (SSSR count). The Bertz CT molecular complexity index is 1050. The van der Waals surface area contributed by atoms with Gasteiger partial charge in [0.25, 0.3) is 0 Å². The van der Waals surface area contributed by atoms with Gasteiger partial charge in [0, 0.05) is 19.3 Å². The molecule has 0 amide bonds. The van der Waals surface area contributed by atoms with E-state index < -0.39 is 5.60 Å². The summed E-state index contributed by atoms with van der Waals surface area (Å²) in [7, 11) is 0. The lowest BCUT2D eigenvalue weighted by Crippen LogP contribution is -2.51. The summed E-state index contributed by atoms with van der Waals surface area (Å²) >= 11 is 6.24. The predicted molar refractivity (Wildman–Crippen MR) is 130 cm³/mol. The van der Waals surface area contributed by atoms with E-state index in [0.29, 0.717) is 23.9 Å². The number of likely N-dealkylation sites (tertiary alicyclic amines) is 1. The van der Waals surface area contributed by atoms with Crippen LogP contribution in [0.5, 0.6) is 11.5 Å². The first-order chi connectivity index (χ1) is 15.9. The molecule has 1 saturated heterocycles. The second-order valence-corrected chi connectivity index (χ2v) is 9.38. The highest BCUT2D eigenvalue weighted by atomic mass is 35.5. The van der Waals surface area contributed by atoms with Crippen LogP contribution in [0.1, 0.15) is 29.7 Å². The Balaban J connectivity index is 1.26. The summed E-state index contributed by atoms with van der Waals surface area (Å²) < 4.78 is 13.6. The fourth-order valence-electron chi connectivity index (χ4n) is 4.19. The highest BCUT2D eigenvalue weighted by molar-refractivity contribution is 6.32. The van der Waals surface area contributed by atoms with Gasteiger partial charge in [0.05, 0.1) is 17.3 Å². The Kier molecular flexibility index (Phi) is 7.58. The summed E-state index contributed by atoms with van der Waals surface area (Å²) in [6, 6.07) is 15.9. The largest absolute Gasteiger partial charge is 0.492 e. The van der Waals surface area contributed by atoms with Crippen molar-refractivity contribution in [3.05, 3.63) is 76.6 Å². The third-order valence-corrected chi connectivity index (χ3v) is 6.22. The van der Waals surface area contributed by atoms with E-state index in [2.05, 4.69) is 22.1 Å². The first-order valence-electron chi connectivity index (χ1n) is 11.4. The van der Waals surface area contributed by atoms with E-state index in [1.165, 1.54) is 5.56 Å². The lowest BCUT2D eigenvalue weighted by Gasteiger charge is -2.39. The SMILES string of the molecule is Cc1ccc(Cl)c(OC[C@@]2(O)CCCN(Cc3ccc(OCCn4ccc(C)n4)cc3)C2)c1. The van der Waals surface area contributed by atoms with Crippen LogP contribution >= 0.6 is 11.6 Å². The van der Waals surface area contributed by atoms with Crippen molar-refractivity contribution in [2.75, 3.05) is 26.3 Å². The van der Waals surface area contributed by atoms with Crippen molar-refractivity contribution in [3.8, 4) is 11.5 Å². The monoisotopic (exact) mass is 469 g/mol. The third-order valence-electron chi connectivity index (χ3n) is 5.91. The minimum absolute atomic E-state index is 0.231. The van der Waals surface area contributed by atoms with Gasteiger partial charge < -0.3 is 14.6 Å². The zero-order valence-corrected chi connectivity index (χ0v) is 20.1. The van der Waals surface area contributed by atoms with Crippen LogP contribution in [0.2, 0.25) is 5.02 Å². The summed E-state index contributed by atoms with van der Waals surface area (Å²) in [5.41, 5.74) is 2.39. The minimum Gasteiger partial charge on any atom is -0.492 e.